The number of benzene rings is 1. The molecule has 1 aliphatic rings. The fourth-order valence-electron chi connectivity index (χ4n) is 2.24. The first-order valence-corrected chi connectivity index (χ1v) is 7.51. The van der Waals surface area contributed by atoms with Crippen molar-refractivity contribution in [2.24, 2.45) is 0 Å². The minimum Gasteiger partial charge on any atom is -0.395 e. The predicted molar refractivity (Wildman–Crippen MR) is 85.9 cm³/mol. The van der Waals surface area contributed by atoms with Crippen LogP contribution in [0.1, 0.15) is 24.5 Å². The number of nitro groups is 1. The summed E-state index contributed by atoms with van der Waals surface area (Å²) in [6, 6.07) is 5.34. The Labute approximate surface area is 136 Å². The van der Waals surface area contributed by atoms with Crippen LogP contribution < -0.4 is 10.6 Å². The lowest BCUT2D eigenvalue weighted by atomic mass is 10.2. The van der Waals surface area contributed by atoms with Crippen molar-refractivity contribution in [1.29, 1.82) is 0 Å². The van der Waals surface area contributed by atoms with Crippen LogP contribution in [0, 0.1) is 15.9 Å². The molecule has 0 aliphatic heterocycles. The van der Waals surface area contributed by atoms with Crippen molar-refractivity contribution in [2.75, 3.05) is 23.8 Å². The van der Waals surface area contributed by atoms with E-state index in [0.717, 1.165) is 30.7 Å². The second kappa shape index (κ2) is 6.75. The van der Waals surface area contributed by atoms with E-state index >= 15 is 0 Å². The molecule has 1 aliphatic carbocycles. The van der Waals surface area contributed by atoms with E-state index in [0.29, 0.717) is 29.9 Å². The molecular formula is C15H16FN5O3. The fraction of sp³-hybridized carbons (Fsp3) is 0.333. The lowest BCUT2D eigenvalue weighted by Crippen LogP contribution is -2.10. The molecule has 3 N–H and O–H groups in total. The second-order valence-electron chi connectivity index (χ2n) is 5.47. The molecule has 1 aromatic heterocycles. The van der Waals surface area contributed by atoms with Crippen LogP contribution in [0.5, 0.6) is 0 Å². The Hall–Kier alpha value is -2.81. The van der Waals surface area contributed by atoms with Gasteiger partial charge in [0.1, 0.15) is 5.82 Å². The maximum absolute atomic E-state index is 13.4. The summed E-state index contributed by atoms with van der Waals surface area (Å²) >= 11 is 0. The van der Waals surface area contributed by atoms with Crippen LogP contribution in [0.2, 0.25) is 0 Å². The van der Waals surface area contributed by atoms with Gasteiger partial charge in [-0.1, -0.05) is 0 Å². The monoisotopic (exact) mass is 333 g/mol. The van der Waals surface area contributed by atoms with E-state index in [1.807, 2.05) is 0 Å². The average molecular weight is 333 g/mol. The number of nitrogens with zero attached hydrogens (tertiary/aromatic N) is 3. The molecule has 0 bridgehead atoms. The highest BCUT2D eigenvalue weighted by atomic mass is 19.1. The molecule has 1 saturated carbocycles. The van der Waals surface area contributed by atoms with E-state index in [1.54, 1.807) is 6.07 Å². The van der Waals surface area contributed by atoms with Crippen molar-refractivity contribution in [3.05, 3.63) is 45.9 Å². The summed E-state index contributed by atoms with van der Waals surface area (Å²) in [7, 11) is 0. The first kappa shape index (κ1) is 16.1. The van der Waals surface area contributed by atoms with Crippen LogP contribution in [0.4, 0.5) is 27.5 Å². The van der Waals surface area contributed by atoms with Crippen LogP contribution in [-0.4, -0.2) is 33.1 Å². The molecule has 0 saturated heterocycles. The number of rotatable bonds is 7. The standard InChI is InChI=1S/C15H16FN5O3/c16-11-4-3-10(7-13(11)21(23)24)18-14-8-12(9-1-2-9)19-15(20-14)17-5-6-22/h3-4,7-9,22H,1-2,5-6H2,(H2,17,18,19,20). The van der Waals surface area contributed by atoms with Gasteiger partial charge in [0.25, 0.3) is 0 Å². The van der Waals surface area contributed by atoms with E-state index in [9.17, 15) is 14.5 Å². The van der Waals surface area contributed by atoms with Crippen molar-refractivity contribution in [1.82, 2.24) is 9.97 Å². The Morgan fingerprint density at radius 2 is 2.12 bits per heavy atom. The highest BCUT2D eigenvalue weighted by Crippen LogP contribution is 2.40. The first-order chi connectivity index (χ1) is 11.6. The summed E-state index contributed by atoms with van der Waals surface area (Å²) in [5.74, 6) is 0.309. The molecule has 1 heterocycles. The summed E-state index contributed by atoms with van der Waals surface area (Å²) < 4.78 is 13.4. The number of hydrogen-bond acceptors (Lipinski definition) is 7. The van der Waals surface area contributed by atoms with Crippen LogP contribution in [0.25, 0.3) is 0 Å². The zero-order chi connectivity index (χ0) is 17.1. The molecule has 0 spiro atoms. The summed E-state index contributed by atoms with van der Waals surface area (Å²) in [6.45, 7) is 0.263. The Bertz CT molecular complexity index is 767. The number of aromatic nitrogens is 2. The van der Waals surface area contributed by atoms with E-state index in [4.69, 9.17) is 5.11 Å². The maximum Gasteiger partial charge on any atom is 0.306 e. The number of hydrogen-bond donors (Lipinski definition) is 3. The zero-order valence-corrected chi connectivity index (χ0v) is 12.7. The largest absolute Gasteiger partial charge is 0.395 e. The fourth-order valence-corrected chi connectivity index (χ4v) is 2.24. The van der Waals surface area contributed by atoms with Gasteiger partial charge in [-0.2, -0.15) is 9.37 Å². The molecule has 8 nitrogen and oxygen atoms in total. The molecule has 0 radical (unpaired) electrons. The van der Waals surface area contributed by atoms with Gasteiger partial charge in [-0.3, -0.25) is 10.1 Å². The van der Waals surface area contributed by atoms with Gasteiger partial charge in [0, 0.05) is 30.3 Å². The number of aliphatic hydroxyl groups excluding tert-OH is 1. The molecule has 3 rings (SSSR count). The first-order valence-electron chi connectivity index (χ1n) is 7.51. The lowest BCUT2D eigenvalue weighted by Gasteiger charge is -2.10. The van der Waals surface area contributed by atoms with Crippen molar-refractivity contribution in [2.45, 2.75) is 18.8 Å². The topological polar surface area (TPSA) is 113 Å². The number of halogens is 1. The van der Waals surface area contributed by atoms with Gasteiger partial charge >= 0.3 is 5.69 Å². The second-order valence-corrected chi connectivity index (χ2v) is 5.47. The highest BCUT2D eigenvalue weighted by Gasteiger charge is 2.26. The molecule has 9 heteroatoms. The molecule has 1 aromatic carbocycles. The molecule has 1 fully saturated rings. The molecule has 0 amide bonds. The minimum atomic E-state index is -0.891. The Balaban J connectivity index is 1.87. The average Bonchev–Trinajstić information content (AvgIpc) is 3.39. The minimum absolute atomic E-state index is 0.0517. The quantitative estimate of drug-likeness (QED) is 0.527. The zero-order valence-electron chi connectivity index (χ0n) is 12.7. The summed E-state index contributed by atoms with van der Waals surface area (Å²) in [5.41, 5.74) is 0.622. The van der Waals surface area contributed by atoms with E-state index < -0.39 is 16.4 Å². The van der Waals surface area contributed by atoms with Crippen LogP contribution >= 0.6 is 0 Å². The van der Waals surface area contributed by atoms with E-state index in [1.165, 1.54) is 6.07 Å². The number of nitro benzene ring substituents is 1. The van der Waals surface area contributed by atoms with Gasteiger partial charge in [-0.05, 0) is 25.0 Å². The molecule has 2 aromatic rings. The van der Waals surface area contributed by atoms with E-state index in [-0.39, 0.29) is 6.61 Å². The number of nitrogens with one attached hydrogen (secondary N) is 2. The van der Waals surface area contributed by atoms with Crippen molar-refractivity contribution in [3.8, 4) is 0 Å². The lowest BCUT2D eigenvalue weighted by molar-refractivity contribution is -0.387. The van der Waals surface area contributed by atoms with Crippen molar-refractivity contribution in [3.63, 3.8) is 0 Å². The summed E-state index contributed by atoms with van der Waals surface area (Å²) in [4.78, 5) is 18.7. The third kappa shape index (κ3) is 3.74. The molecule has 0 atom stereocenters. The normalized spacial score (nSPS) is 13.6. The highest BCUT2D eigenvalue weighted by molar-refractivity contribution is 5.61. The Kier molecular flexibility index (Phi) is 4.52. The van der Waals surface area contributed by atoms with Gasteiger partial charge in [-0.25, -0.2) is 4.98 Å². The maximum atomic E-state index is 13.4. The van der Waals surface area contributed by atoms with Crippen LogP contribution in [-0.2, 0) is 0 Å². The van der Waals surface area contributed by atoms with Gasteiger partial charge in [0.15, 0.2) is 0 Å². The van der Waals surface area contributed by atoms with Crippen molar-refractivity contribution >= 4 is 23.1 Å². The van der Waals surface area contributed by atoms with Gasteiger partial charge in [0.05, 0.1) is 17.2 Å². The Morgan fingerprint density at radius 3 is 2.79 bits per heavy atom. The van der Waals surface area contributed by atoms with Crippen molar-refractivity contribution < 1.29 is 14.4 Å². The summed E-state index contributed by atoms with van der Waals surface area (Å²) in [5, 5.41) is 25.6. The molecular weight excluding hydrogens is 317 g/mol. The smallest absolute Gasteiger partial charge is 0.306 e. The third-order valence-electron chi connectivity index (χ3n) is 3.55. The van der Waals surface area contributed by atoms with Gasteiger partial charge in [-0.15, -0.1) is 0 Å². The van der Waals surface area contributed by atoms with Gasteiger partial charge < -0.3 is 15.7 Å². The third-order valence-corrected chi connectivity index (χ3v) is 3.55. The van der Waals surface area contributed by atoms with Crippen LogP contribution in [0.3, 0.4) is 0 Å². The molecule has 126 valence electrons. The SMILES string of the molecule is O=[N+]([O-])c1cc(Nc2cc(C3CC3)nc(NCCO)n2)ccc1F. The molecule has 0 unspecified atom stereocenters. The Morgan fingerprint density at radius 1 is 1.33 bits per heavy atom. The van der Waals surface area contributed by atoms with Gasteiger partial charge in [0.2, 0.25) is 11.8 Å². The predicted octanol–water partition coefficient (Wildman–Crippen LogP) is 2.55. The van der Waals surface area contributed by atoms with Crippen LogP contribution in [0.15, 0.2) is 24.3 Å². The van der Waals surface area contributed by atoms with E-state index in [2.05, 4.69) is 20.6 Å². The molecule has 24 heavy (non-hydrogen) atoms. The number of anilines is 3. The summed E-state index contributed by atoms with van der Waals surface area (Å²) in [6.07, 6.45) is 2.11. The number of aliphatic hydroxyl groups is 1.